The standard InChI is InChI=1S/C22H31NO2/c1-21-10-9-19-17(18(21)6-7-20(21)25)5-4-15-14-16(24)8-11-22(15,19)12-13-23(2)3/h9,14,17-18H,4-8,10-13H2,1-3H3/t17-,18-,21-,22+/m0/s1. The maximum absolute atomic E-state index is 12.5. The van der Waals surface area contributed by atoms with Crippen LogP contribution in [-0.2, 0) is 9.59 Å². The Morgan fingerprint density at radius 1 is 1.16 bits per heavy atom. The number of Topliss-reactive ketones (excluding diaryl/α,β-unsaturated/α-hetero) is 1. The fourth-order valence-corrected chi connectivity index (χ4v) is 6.30. The molecule has 0 aromatic carbocycles. The summed E-state index contributed by atoms with van der Waals surface area (Å²) in [5.74, 6) is 1.87. The Morgan fingerprint density at radius 3 is 2.72 bits per heavy atom. The average Bonchev–Trinajstić information content (AvgIpc) is 2.88. The average molecular weight is 341 g/mol. The molecule has 0 bridgehead atoms. The van der Waals surface area contributed by atoms with E-state index < -0.39 is 0 Å². The molecule has 0 aliphatic heterocycles. The number of hydrogen-bond donors (Lipinski definition) is 0. The minimum absolute atomic E-state index is 0.0913. The molecule has 2 saturated carbocycles. The van der Waals surface area contributed by atoms with E-state index in [9.17, 15) is 9.59 Å². The normalized spacial score (nSPS) is 40.3. The summed E-state index contributed by atoms with van der Waals surface area (Å²) in [6.45, 7) is 3.26. The maximum atomic E-state index is 12.5. The van der Waals surface area contributed by atoms with E-state index >= 15 is 0 Å². The van der Waals surface area contributed by atoms with Gasteiger partial charge in [-0.2, -0.15) is 0 Å². The van der Waals surface area contributed by atoms with Crippen molar-refractivity contribution in [3.63, 3.8) is 0 Å². The van der Waals surface area contributed by atoms with E-state index in [2.05, 4.69) is 32.0 Å². The van der Waals surface area contributed by atoms with Crippen molar-refractivity contribution in [2.45, 2.75) is 58.3 Å². The van der Waals surface area contributed by atoms with E-state index in [1.165, 1.54) is 5.57 Å². The van der Waals surface area contributed by atoms with Gasteiger partial charge in [-0.25, -0.2) is 0 Å². The zero-order valence-electron chi connectivity index (χ0n) is 15.9. The third-order valence-corrected chi connectivity index (χ3v) is 7.78. The highest BCUT2D eigenvalue weighted by Crippen LogP contribution is 2.63. The predicted molar refractivity (Wildman–Crippen MR) is 99.2 cm³/mol. The molecule has 25 heavy (non-hydrogen) atoms. The predicted octanol–water partition coefficient (Wildman–Crippen LogP) is 3.94. The first-order valence-corrected chi connectivity index (χ1v) is 9.99. The molecule has 0 N–H and O–H groups in total. The number of ketones is 2. The summed E-state index contributed by atoms with van der Waals surface area (Å²) in [5, 5.41) is 0. The van der Waals surface area contributed by atoms with Crippen LogP contribution in [0.15, 0.2) is 23.3 Å². The molecule has 4 aliphatic carbocycles. The monoisotopic (exact) mass is 341 g/mol. The number of carbonyl (C=O) groups excluding carboxylic acids is 2. The minimum atomic E-state index is -0.122. The summed E-state index contributed by atoms with van der Waals surface area (Å²) in [5.41, 5.74) is 2.95. The number of fused-ring (bicyclic) bond motifs is 5. The Hall–Kier alpha value is -1.22. The van der Waals surface area contributed by atoms with E-state index in [4.69, 9.17) is 0 Å². The van der Waals surface area contributed by atoms with Crippen LogP contribution in [0, 0.1) is 22.7 Å². The molecular weight excluding hydrogens is 310 g/mol. The molecule has 4 rings (SSSR count). The van der Waals surface area contributed by atoms with Gasteiger partial charge < -0.3 is 4.90 Å². The largest absolute Gasteiger partial charge is 0.309 e. The molecule has 0 aromatic heterocycles. The van der Waals surface area contributed by atoms with Crippen molar-refractivity contribution in [1.82, 2.24) is 4.90 Å². The molecule has 3 heteroatoms. The number of rotatable bonds is 3. The number of nitrogens with zero attached hydrogens (tertiary/aromatic N) is 1. The van der Waals surface area contributed by atoms with Gasteiger partial charge in [-0.15, -0.1) is 0 Å². The highest BCUT2D eigenvalue weighted by molar-refractivity contribution is 5.92. The van der Waals surface area contributed by atoms with E-state index in [0.29, 0.717) is 29.8 Å². The van der Waals surface area contributed by atoms with Crippen molar-refractivity contribution in [2.24, 2.45) is 22.7 Å². The van der Waals surface area contributed by atoms with Crippen molar-refractivity contribution in [3.05, 3.63) is 23.3 Å². The summed E-state index contributed by atoms with van der Waals surface area (Å²) in [4.78, 5) is 26.9. The Morgan fingerprint density at radius 2 is 1.96 bits per heavy atom. The first-order valence-electron chi connectivity index (χ1n) is 9.99. The van der Waals surface area contributed by atoms with Gasteiger partial charge in [0, 0.05) is 23.7 Å². The first-order chi connectivity index (χ1) is 11.9. The van der Waals surface area contributed by atoms with Crippen molar-refractivity contribution in [2.75, 3.05) is 20.6 Å². The second kappa shape index (κ2) is 5.90. The van der Waals surface area contributed by atoms with Gasteiger partial charge in [0.05, 0.1) is 0 Å². The summed E-state index contributed by atoms with van der Waals surface area (Å²) >= 11 is 0. The van der Waals surface area contributed by atoms with Gasteiger partial charge in [0.25, 0.3) is 0 Å². The lowest BCUT2D eigenvalue weighted by Crippen LogP contribution is -2.46. The second-order valence-corrected chi connectivity index (χ2v) is 9.27. The topological polar surface area (TPSA) is 37.4 Å². The minimum Gasteiger partial charge on any atom is -0.309 e. The summed E-state index contributed by atoms with van der Waals surface area (Å²) in [6.07, 6.45) is 12.1. The van der Waals surface area contributed by atoms with E-state index in [-0.39, 0.29) is 10.8 Å². The summed E-state index contributed by atoms with van der Waals surface area (Å²) in [6, 6.07) is 0. The Kier molecular flexibility index (Phi) is 4.06. The van der Waals surface area contributed by atoms with E-state index in [1.54, 1.807) is 5.57 Å². The molecule has 4 atom stereocenters. The van der Waals surface area contributed by atoms with Crippen molar-refractivity contribution >= 4 is 11.6 Å². The van der Waals surface area contributed by atoms with E-state index in [0.717, 1.165) is 51.5 Å². The highest BCUT2D eigenvalue weighted by atomic mass is 16.1. The molecule has 0 saturated heterocycles. The number of hydrogen-bond acceptors (Lipinski definition) is 3. The summed E-state index contributed by atoms with van der Waals surface area (Å²) < 4.78 is 0. The molecule has 136 valence electrons. The molecule has 0 heterocycles. The quantitative estimate of drug-likeness (QED) is 0.730. The molecular formula is C22H31NO2. The third-order valence-electron chi connectivity index (χ3n) is 7.78. The van der Waals surface area contributed by atoms with Crippen LogP contribution in [-0.4, -0.2) is 37.1 Å². The molecule has 0 amide bonds. The number of carbonyl (C=O) groups is 2. The van der Waals surface area contributed by atoms with Gasteiger partial charge >= 0.3 is 0 Å². The van der Waals surface area contributed by atoms with Gasteiger partial charge in [0.15, 0.2) is 5.78 Å². The molecule has 4 aliphatic rings. The molecule has 0 radical (unpaired) electrons. The van der Waals surface area contributed by atoms with Crippen LogP contribution >= 0.6 is 0 Å². The van der Waals surface area contributed by atoms with Gasteiger partial charge in [0.2, 0.25) is 0 Å². The van der Waals surface area contributed by atoms with Crippen LogP contribution in [0.2, 0.25) is 0 Å². The molecule has 0 spiro atoms. The fraction of sp³-hybridized carbons (Fsp3) is 0.727. The van der Waals surface area contributed by atoms with Crippen LogP contribution in [0.5, 0.6) is 0 Å². The maximum Gasteiger partial charge on any atom is 0.155 e. The Labute approximate surface area is 151 Å². The molecule has 3 nitrogen and oxygen atoms in total. The Balaban J connectivity index is 1.76. The second-order valence-electron chi connectivity index (χ2n) is 9.27. The number of allylic oxidation sites excluding steroid dienone is 4. The first kappa shape index (κ1) is 17.2. The zero-order chi connectivity index (χ0) is 17.8. The van der Waals surface area contributed by atoms with Gasteiger partial charge in [-0.1, -0.05) is 24.1 Å². The lowest BCUT2D eigenvalue weighted by molar-refractivity contribution is -0.127. The molecule has 2 fully saturated rings. The SMILES string of the molecule is CN(C)CC[C@]12CCC(=O)C=C1CC[C@@H]1C2=CC[C@]2(C)C(=O)CC[C@@H]12. The van der Waals surface area contributed by atoms with Crippen LogP contribution in [0.3, 0.4) is 0 Å². The highest BCUT2D eigenvalue weighted by Gasteiger charge is 2.56. The van der Waals surface area contributed by atoms with E-state index in [1.807, 2.05) is 6.08 Å². The van der Waals surface area contributed by atoms with Crippen LogP contribution in [0.4, 0.5) is 0 Å². The third kappa shape index (κ3) is 2.50. The van der Waals surface area contributed by atoms with Crippen molar-refractivity contribution < 1.29 is 9.59 Å². The lowest BCUT2D eigenvalue weighted by atomic mass is 9.50. The van der Waals surface area contributed by atoms with Crippen LogP contribution in [0.1, 0.15) is 58.3 Å². The fourth-order valence-electron chi connectivity index (χ4n) is 6.30. The summed E-state index contributed by atoms with van der Waals surface area (Å²) in [7, 11) is 4.27. The van der Waals surface area contributed by atoms with Gasteiger partial charge in [0.1, 0.15) is 5.78 Å². The molecule has 0 unspecified atom stereocenters. The van der Waals surface area contributed by atoms with Crippen molar-refractivity contribution in [3.8, 4) is 0 Å². The van der Waals surface area contributed by atoms with Gasteiger partial charge in [-0.05, 0) is 77.1 Å². The lowest BCUT2D eigenvalue weighted by Gasteiger charge is -2.53. The van der Waals surface area contributed by atoms with Gasteiger partial charge in [-0.3, -0.25) is 9.59 Å². The van der Waals surface area contributed by atoms with Crippen LogP contribution < -0.4 is 0 Å². The van der Waals surface area contributed by atoms with Crippen molar-refractivity contribution in [1.29, 1.82) is 0 Å². The zero-order valence-corrected chi connectivity index (χ0v) is 15.9. The Bertz CT molecular complexity index is 674. The smallest absolute Gasteiger partial charge is 0.155 e. The van der Waals surface area contributed by atoms with Crippen LogP contribution in [0.25, 0.3) is 0 Å². The molecule has 0 aromatic rings.